The zero-order valence-corrected chi connectivity index (χ0v) is 7.56. The Kier molecular flexibility index (Phi) is 5.59. The van der Waals surface area contributed by atoms with E-state index in [1.165, 1.54) is 0 Å². The number of carbonyl (C=O) groups is 2. The summed E-state index contributed by atoms with van der Waals surface area (Å²) in [6, 6.07) is 0. The van der Waals surface area contributed by atoms with Crippen LogP contribution >= 0.6 is 0 Å². The van der Waals surface area contributed by atoms with Crippen LogP contribution in [0.15, 0.2) is 12.2 Å². The van der Waals surface area contributed by atoms with Crippen LogP contribution in [0.25, 0.3) is 0 Å². The van der Waals surface area contributed by atoms with Crippen molar-refractivity contribution in [2.24, 2.45) is 5.92 Å². The minimum Gasteiger partial charge on any atom is -0.481 e. The first-order valence-corrected chi connectivity index (χ1v) is 4.13. The van der Waals surface area contributed by atoms with Crippen molar-refractivity contribution in [3.8, 4) is 0 Å². The fourth-order valence-electron chi connectivity index (χ4n) is 0.988. The molecule has 0 aromatic rings. The third kappa shape index (κ3) is 5.90. The predicted octanol–water partition coefficient (Wildman–Crippen LogP) is 1.52. The highest BCUT2D eigenvalue weighted by Crippen LogP contribution is 2.11. The molecule has 4 heteroatoms. The second-order valence-corrected chi connectivity index (χ2v) is 2.78. The molecule has 1 unspecified atom stereocenters. The van der Waals surface area contributed by atoms with E-state index >= 15 is 0 Å². The van der Waals surface area contributed by atoms with Gasteiger partial charge in [0.1, 0.15) is 0 Å². The number of hydrogen-bond donors (Lipinski definition) is 2. The van der Waals surface area contributed by atoms with Crippen LogP contribution in [-0.4, -0.2) is 22.2 Å². The van der Waals surface area contributed by atoms with Gasteiger partial charge in [0, 0.05) is 0 Å². The maximum absolute atomic E-state index is 10.5. The maximum Gasteiger partial charge on any atom is 0.307 e. The van der Waals surface area contributed by atoms with Crippen LogP contribution in [0.2, 0.25) is 0 Å². The monoisotopic (exact) mass is 186 g/mol. The molecule has 2 N–H and O–H groups in total. The zero-order valence-electron chi connectivity index (χ0n) is 7.56. The lowest BCUT2D eigenvalue weighted by Crippen LogP contribution is -2.17. The Morgan fingerprint density at radius 2 is 2.00 bits per heavy atom. The first kappa shape index (κ1) is 11.7. The largest absolute Gasteiger partial charge is 0.481 e. The predicted molar refractivity (Wildman–Crippen MR) is 47.4 cm³/mol. The van der Waals surface area contributed by atoms with Crippen LogP contribution in [0.4, 0.5) is 0 Å². The summed E-state index contributed by atoms with van der Waals surface area (Å²) in [7, 11) is 0. The van der Waals surface area contributed by atoms with Gasteiger partial charge in [-0.05, 0) is 19.8 Å². The van der Waals surface area contributed by atoms with Crippen molar-refractivity contribution in [1.29, 1.82) is 0 Å². The topological polar surface area (TPSA) is 74.6 Å². The van der Waals surface area contributed by atoms with Gasteiger partial charge < -0.3 is 10.2 Å². The molecule has 0 radical (unpaired) electrons. The third-order valence-corrected chi connectivity index (χ3v) is 1.69. The smallest absolute Gasteiger partial charge is 0.307 e. The molecule has 1 atom stereocenters. The standard InChI is InChI=1S/C9H14O4/c1-2-3-4-5-7(9(12)13)6-8(10)11/h2-3,7H,4-6H2,1H3,(H,10,11)(H,12,13)/b3-2+. The van der Waals surface area contributed by atoms with Gasteiger partial charge >= 0.3 is 11.9 Å². The zero-order chi connectivity index (χ0) is 10.3. The highest BCUT2D eigenvalue weighted by atomic mass is 16.4. The molecule has 74 valence electrons. The highest BCUT2D eigenvalue weighted by molar-refractivity contribution is 5.77. The van der Waals surface area contributed by atoms with Gasteiger partial charge in [0.2, 0.25) is 0 Å². The average Bonchev–Trinajstić information content (AvgIpc) is 2.02. The van der Waals surface area contributed by atoms with Crippen molar-refractivity contribution in [2.45, 2.75) is 26.2 Å². The lowest BCUT2D eigenvalue weighted by atomic mass is 10.00. The molecule has 0 fully saturated rings. The Morgan fingerprint density at radius 3 is 2.38 bits per heavy atom. The molecule has 0 spiro atoms. The minimum absolute atomic E-state index is 0.299. The summed E-state index contributed by atoms with van der Waals surface area (Å²) < 4.78 is 0. The van der Waals surface area contributed by atoms with Crippen LogP contribution in [0.3, 0.4) is 0 Å². The summed E-state index contributed by atoms with van der Waals surface area (Å²) in [6.07, 6.45) is 4.34. The molecule has 0 aliphatic heterocycles. The molecule has 0 heterocycles. The van der Waals surface area contributed by atoms with Gasteiger partial charge in [-0.15, -0.1) is 0 Å². The second kappa shape index (κ2) is 6.22. The number of carboxylic acids is 2. The van der Waals surface area contributed by atoms with Crippen molar-refractivity contribution >= 4 is 11.9 Å². The van der Waals surface area contributed by atoms with E-state index < -0.39 is 17.9 Å². The van der Waals surface area contributed by atoms with E-state index in [9.17, 15) is 9.59 Å². The Bertz CT molecular complexity index is 208. The van der Waals surface area contributed by atoms with Crippen molar-refractivity contribution in [1.82, 2.24) is 0 Å². The van der Waals surface area contributed by atoms with Crippen LogP contribution in [0, 0.1) is 5.92 Å². The summed E-state index contributed by atoms with van der Waals surface area (Å²) in [5.74, 6) is -2.87. The molecule has 0 saturated heterocycles. The number of hydrogen-bond acceptors (Lipinski definition) is 2. The lowest BCUT2D eigenvalue weighted by molar-refractivity contribution is -0.148. The highest BCUT2D eigenvalue weighted by Gasteiger charge is 2.19. The molecule has 0 aliphatic carbocycles. The van der Waals surface area contributed by atoms with Crippen molar-refractivity contribution < 1.29 is 19.8 Å². The molecule has 0 aromatic carbocycles. The van der Waals surface area contributed by atoms with Gasteiger partial charge in [0.25, 0.3) is 0 Å². The van der Waals surface area contributed by atoms with Crippen LogP contribution in [0.1, 0.15) is 26.2 Å². The Labute approximate surface area is 76.9 Å². The van der Waals surface area contributed by atoms with E-state index in [1.807, 2.05) is 19.1 Å². The van der Waals surface area contributed by atoms with E-state index in [4.69, 9.17) is 10.2 Å². The number of rotatable bonds is 6. The molecule has 0 rings (SSSR count). The summed E-state index contributed by atoms with van der Waals surface area (Å²) in [5.41, 5.74) is 0. The molecule has 0 amide bonds. The fraction of sp³-hybridized carbons (Fsp3) is 0.556. The number of carboxylic acid groups (broad SMARTS) is 2. The van der Waals surface area contributed by atoms with Crippen molar-refractivity contribution in [3.05, 3.63) is 12.2 Å². The number of allylic oxidation sites excluding steroid dienone is 2. The minimum atomic E-state index is -1.06. The van der Waals surface area contributed by atoms with Gasteiger partial charge in [-0.1, -0.05) is 12.2 Å². The van der Waals surface area contributed by atoms with Crippen molar-refractivity contribution in [3.63, 3.8) is 0 Å². The fourth-order valence-corrected chi connectivity index (χ4v) is 0.988. The first-order chi connectivity index (χ1) is 6.07. The Hall–Kier alpha value is -1.32. The molecule has 13 heavy (non-hydrogen) atoms. The quantitative estimate of drug-likeness (QED) is 0.616. The third-order valence-electron chi connectivity index (χ3n) is 1.69. The summed E-state index contributed by atoms with van der Waals surface area (Å²) in [5, 5.41) is 17.0. The summed E-state index contributed by atoms with van der Waals surface area (Å²) in [4.78, 5) is 20.8. The molecule has 4 nitrogen and oxygen atoms in total. The first-order valence-electron chi connectivity index (χ1n) is 4.13. The van der Waals surface area contributed by atoms with Gasteiger partial charge in [-0.3, -0.25) is 9.59 Å². The SMILES string of the molecule is C/C=C/CCC(CC(=O)O)C(=O)O. The van der Waals surface area contributed by atoms with E-state index in [-0.39, 0.29) is 6.42 Å². The number of aliphatic carboxylic acids is 2. The van der Waals surface area contributed by atoms with Crippen molar-refractivity contribution in [2.75, 3.05) is 0 Å². The van der Waals surface area contributed by atoms with E-state index in [0.29, 0.717) is 12.8 Å². The molecule has 0 aromatic heterocycles. The molecule has 0 aliphatic rings. The summed E-state index contributed by atoms with van der Waals surface area (Å²) >= 11 is 0. The molecule has 0 bridgehead atoms. The van der Waals surface area contributed by atoms with Gasteiger partial charge in [-0.25, -0.2) is 0 Å². The summed E-state index contributed by atoms with van der Waals surface area (Å²) in [6.45, 7) is 1.84. The molecular formula is C9H14O4. The van der Waals surface area contributed by atoms with E-state index in [2.05, 4.69) is 0 Å². The van der Waals surface area contributed by atoms with Gasteiger partial charge in [-0.2, -0.15) is 0 Å². The van der Waals surface area contributed by atoms with E-state index in [1.54, 1.807) is 0 Å². The van der Waals surface area contributed by atoms with Gasteiger partial charge in [0.15, 0.2) is 0 Å². The maximum atomic E-state index is 10.5. The normalized spacial score (nSPS) is 13.0. The Morgan fingerprint density at radius 1 is 1.38 bits per heavy atom. The second-order valence-electron chi connectivity index (χ2n) is 2.78. The van der Waals surface area contributed by atoms with Gasteiger partial charge in [0.05, 0.1) is 12.3 Å². The average molecular weight is 186 g/mol. The Balaban J connectivity index is 3.95. The van der Waals surface area contributed by atoms with E-state index in [0.717, 1.165) is 0 Å². The van der Waals surface area contributed by atoms with Crippen LogP contribution in [-0.2, 0) is 9.59 Å². The van der Waals surface area contributed by atoms with Crippen LogP contribution < -0.4 is 0 Å². The molecular weight excluding hydrogens is 172 g/mol. The lowest BCUT2D eigenvalue weighted by Gasteiger charge is -2.06. The molecule has 0 saturated carbocycles. The van der Waals surface area contributed by atoms with Crippen LogP contribution in [0.5, 0.6) is 0 Å².